The topological polar surface area (TPSA) is 122 Å². The maximum atomic E-state index is 12.8. The molecule has 1 saturated carbocycles. The monoisotopic (exact) mass is 415 g/mol. The Morgan fingerprint density at radius 3 is 2.53 bits per heavy atom. The summed E-state index contributed by atoms with van der Waals surface area (Å²) in [6, 6.07) is 5.54. The second-order valence-electron chi connectivity index (χ2n) is 7.78. The lowest BCUT2D eigenvalue weighted by molar-refractivity contribution is -0.147. The number of hydrogen-bond acceptors (Lipinski definition) is 6. The van der Waals surface area contributed by atoms with Gasteiger partial charge in [-0.1, -0.05) is 19.8 Å². The summed E-state index contributed by atoms with van der Waals surface area (Å²) in [6.07, 6.45) is 3.22. The van der Waals surface area contributed by atoms with Gasteiger partial charge < -0.3 is 15.4 Å². The molecule has 1 aliphatic carbocycles. The first-order valence-corrected chi connectivity index (χ1v) is 9.93. The van der Waals surface area contributed by atoms with Crippen LogP contribution >= 0.6 is 0 Å². The lowest BCUT2D eigenvalue weighted by Crippen LogP contribution is -2.54. The number of esters is 1. The molecule has 2 aliphatic rings. The predicted molar refractivity (Wildman–Crippen MR) is 107 cm³/mol. The maximum absolute atomic E-state index is 12.8. The summed E-state index contributed by atoms with van der Waals surface area (Å²) in [5, 5.41) is 5.35. The van der Waals surface area contributed by atoms with Crippen LogP contribution in [0.15, 0.2) is 24.3 Å². The average molecular weight is 415 g/mol. The molecule has 1 aliphatic heterocycles. The minimum Gasteiger partial charge on any atom is -0.456 e. The van der Waals surface area contributed by atoms with E-state index >= 15 is 0 Å². The number of ketones is 1. The van der Waals surface area contributed by atoms with Crippen LogP contribution in [0, 0.1) is 5.92 Å². The van der Waals surface area contributed by atoms with Crippen LogP contribution in [0.3, 0.4) is 0 Å². The number of carbonyl (C=O) groups excluding carboxylic acids is 5. The molecule has 9 nitrogen and oxygen atoms in total. The number of benzene rings is 1. The second kappa shape index (κ2) is 8.64. The zero-order chi connectivity index (χ0) is 21.9. The molecule has 1 aromatic rings. The highest BCUT2D eigenvalue weighted by Crippen LogP contribution is 2.38. The van der Waals surface area contributed by atoms with Crippen LogP contribution in [0.4, 0.5) is 10.5 Å². The molecule has 0 radical (unpaired) electrons. The molecule has 1 aromatic carbocycles. The van der Waals surface area contributed by atoms with Gasteiger partial charge in [-0.05, 0) is 43.0 Å². The van der Waals surface area contributed by atoms with E-state index in [0.29, 0.717) is 17.7 Å². The number of amides is 4. The van der Waals surface area contributed by atoms with E-state index in [1.165, 1.54) is 19.1 Å². The Labute approximate surface area is 174 Å². The predicted octanol–water partition coefficient (Wildman–Crippen LogP) is 1.87. The van der Waals surface area contributed by atoms with Gasteiger partial charge in [-0.25, -0.2) is 4.79 Å². The van der Waals surface area contributed by atoms with Gasteiger partial charge in [-0.2, -0.15) is 0 Å². The average Bonchev–Trinajstić information content (AvgIpc) is 2.93. The molecule has 1 heterocycles. The van der Waals surface area contributed by atoms with E-state index in [0.717, 1.165) is 24.2 Å². The molecule has 3 rings (SSSR count). The van der Waals surface area contributed by atoms with Crippen LogP contribution in [-0.4, -0.2) is 53.2 Å². The summed E-state index contributed by atoms with van der Waals surface area (Å²) in [5.41, 5.74) is -0.0940. The van der Waals surface area contributed by atoms with Gasteiger partial charge in [-0.3, -0.25) is 24.1 Å². The van der Waals surface area contributed by atoms with Crippen LogP contribution in [0.1, 0.15) is 49.9 Å². The van der Waals surface area contributed by atoms with E-state index in [-0.39, 0.29) is 11.8 Å². The number of anilines is 1. The lowest BCUT2D eigenvalue weighted by Gasteiger charge is -2.36. The zero-order valence-electron chi connectivity index (χ0n) is 17.0. The number of nitrogens with zero attached hydrogens (tertiary/aromatic N) is 1. The Bertz CT molecular complexity index is 881. The number of urea groups is 1. The van der Waals surface area contributed by atoms with Crippen molar-refractivity contribution in [1.29, 1.82) is 0 Å². The van der Waals surface area contributed by atoms with Crippen molar-refractivity contribution in [2.24, 2.45) is 5.92 Å². The molecule has 4 amide bonds. The van der Waals surface area contributed by atoms with E-state index in [2.05, 4.69) is 10.6 Å². The highest BCUT2D eigenvalue weighted by molar-refractivity contribution is 6.09. The molecule has 0 aromatic heterocycles. The van der Waals surface area contributed by atoms with Crippen LogP contribution in [0.25, 0.3) is 0 Å². The van der Waals surface area contributed by atoms with Crippen molar-refractivity contribution in [2.75, 3.05) is 18.5 Å². The fourth-order valence-corrected chi connectivity index (χ4v) is 3.99. The van der Waals surface area contributed by atoms with Crippen LogP contribution in [-0.2, 0) is 19.1 Å². The summed E-state index contributed by atoms with van der Waals surface area (Å²) >= 11 is 0. The summed E-state index contributed by atoms with van der Waals surface area (Å²) < 4.78 is 4.98. The van der Waals surface area contributed by atoms with Crippen molar-refractivity contribution in [2.45, 2.75) is 45.1 Å². The van der Waals surface area contributed by atoms with Crippen LogP contribution in [0.2, 0.25) is 0 Å². The first kappa shape index (κ1) is 21.5. The van der Waals surface area contributed by atoms with Crippen molar-refractivity contribution >= 4 is 35.3 Å². The lowest BCUT2D eigenvalue weighted by atomic mass is 9.73. The van der Waals surface area contributed by atoms with Crippen molar-refractivity contribution in [3.63, 3.8) is 0 Å². The molecule has 9 heteroatoms. The molecular weight excluding hydrogens is 390 g/mol. The molecule has 1 saturated heterocycles. The highest BCUT2D eigenvalue weighted by Gasteiger charge is 2.55. The Morgan fingerprint density at radius 1 is 1.20 bits per heavy atom. The Hall–Kier alpha value is -3.23. The summed E-state index contributed by atoms with van der Waals surface area (Å²) in [4.78, 5) is 61.4. The number of carbonyl (C=O) groups is 5. The summed E-state index contributed by atoms with van der Waals surface area (Å²) in [5.74, 6) is -1.91. The van der Waals surface area contributed by atoms with Gasteiger partial charge in [0.2, 0.25) is 5.91 Å². The third-order valence-electron chi connectivity index (χ3n) is 5.68. The smallest absolute Gasteiger partial charge is 0.326 e. The molecule has 160 valence electrons. The van der Waals surface area contributed by atoms with E-state index in [1.807, 2.05) is 6.92 Å². The van der Waals surface area contributed by atoms with Gasteiger partial charge in [0.05, 0.1) is 0 Å². The molecule has 2 atom stereocenters. The van der Waals surface area contributed by atoms with Gasteiger partial charge in [-0.15, -0.1) is 0 Å². The van der Waals surface area contributed by atoms with Gasteiger partial charge in [0, 0.05) is 18.2 Å². The van der Waals surface area contributed by atoms with Gasteiger partial charge in [0.25, 0.3) is 5.91 Å². The van der Waals surface area contributed by atoms with Crippen molar-refractivity contribution in [3.8, 4) is 0 Å². The van der Waals surface area contributed by atoms with Crippen molar-refractivity contribution < 1.29 is 28.7 Å². The number of imide groups is 1. The highest BCUT2D eigenvalue weighted by atomic mass is 16.5. The Morgan fingerprint density at radius 2 is 1.90 bits per heavy atom. The molecule has 2 N–H and O–H groups in total. The number of hydrogen-bond donors (Lipinski definition) is 2. The number of ether oxygens (including phenoxy) is 1. The third kappa shape index (κ3) is 4.34. The molecule has 1 spiro atoms. The standard InChI is InChI=1S/C21H25N3O6/c1-13-5-3-4-10-21(13)19(28)24(20(29)23-21)11-18(27)30-12-17(26)15-6-8-16(9-7-15)22-14(2)25/h6-9,13H,3-5,10-12H2,1-2H3,(H,22,25)(H,23,29)/t13-,21-/m1/s1. The van der Waals surface area contributed by atoms with Crippen molar-refractivity contribution in [1.82, 2.24) is 10.2 Å². The van der Waals surface area contributed by atoms with Gasteiger partial charge in [0.15, 0.2) is 12.4 Å². The van der Waals surface area contributed by atoms with E-state index < -0.39 is 42.4 Å². The van der Waals surface area contributed by atoms with E-state index in [4.69, 9.17) is 4.74 Å². The zero-order valence-corrected chi connectivity index (χ0v) is 17.0. The minimum absolute atomic E-state index is 0.00855. The summed E-state index contributed by atoms with van der Waals surface area (Å²) in [7, 11) is 0. The quantitative estimate of drug-likeness (QED) is 0.416. The number of rotatable bonds is 6. The number of Topliss-reactive ketones (excluding diaryl/α,β-unsaturated/α-hetero) is 1. The SMILES string of the molecule is CC(=O)Nc1ccc(C(=O)COC(=O)CN2C(=O)N[C@@]3(CCCC[C@H]3C)C2=O)cc1. The fourth-order valence-electron chi connectivity index (χ4n) is 3.99. The Balaban J connectivity index is 1.54. The first-order valence-electron chi connectivity index (χ1n) is 9.93. The Kier molecular flexibility index (Phi) is 6.19. The second-order valence-corrected chi connectivity index (χ2v) is 7.78. The fraction of sp³-hybridized carbons (Fsp3) is 0.476. The molecule has 2 fully saturated rings. The minimum atomic E-state index is -0.943. The summed E-state index contributed by atoms with van der Waals surface area (Å²) in [6.45, 7) is 2.26. The molecule has 0 unspecified atom stereocenters. The van der Waals surface area contributed by atoms with Crippen molar-refractivity contribution in [3.05, 3.63) is 29.8 Å². The van der Waals surface area contributed by atoms with Gasteiger partial charge in [0.1, 0.15) is 12.1 Å². The molecule has 30 heavy (non-hydrogen) atoms. The number of nitrogens with one attached hydrogen (secondary N) is 2. The normalized spacial score (nSPS) is 23.3. The first-order chi connectivity index (χ1) is 14.2. The molecule has 0 bridgehead atoms. The van der Waals surface area contributed by atoms with Crippen LogP contribution < -0.4 is 10.6 Å². The third-order valence-corrected chi connectivity index (χ3v) is 5.68. The largest absolute Gasteiger partial charge is 0.456 e. The van der Waals surface area contributed by atoms with E-state index in [1.54, 1.807) is 12.1 Å². The molecular formula is C21H25N3O6. The maximum Gasteiger partial charge on any atom is 0.326 e. The van der Waals surface area contributed by atoms with Crippen LogP contribution in [0.5, 0.6) is 0 Å². The van der Waals surface area contributed by atoms with E-state index in [9.17, 15) is 24.0 Å². The van der Waals surface area contributed by atoms with Gasteiger partial charge >= 0.3 is 12.0 Å².